The minimum absolute atomic E-state index is 0.209. The van der Waals surface area contributed by atoms with E-state index in [2.05, 4.69) is 0 Å². The first-order valence-electron chi connectivity index (χ1n) is 3.00. The molecule has 1 aliphatic rings. The van der Waals surface area contributed by atoms with E-state index in [4.69, 9.17) is 15.1 Å². The highest BCUT2D eigenvalue weighted by Crippen LogP contribution is 2.13. The molecule has 0 bridgehead atoms. The first kappa shape index (κ1) is 6.53. The highest BCUT2D eigenvalue weighted by Gasteiger charge is 2.22. The minimum atomic E-state index is -0.566. The maximum atomic E-state index is 9.02. The van der Waals surface area contributed by atoms with E-state index in [9.17, 15) is 0 Å². The maximum Gasteiger partial charge on any atom is 0.0932 e. The fourth-order valence-corrected chi connectivity index (χ4v) is 0.874. The summed E-state index contributed by atoms with van der Waals surface area (Å²) in [5.41, 5.74) is 0. The van der Waals surface area contributed by atoms with E-state index in [0.717, 1.165) is 0 Å². The first-order chi connectivity index (χ1) is 4.34. The molecule has 0 aromatic heterocycles. The van der Waals surface area contributed by atoms with Crippen molar-refractivity contribution in [2.45, 2.75) is 12.5 Å². The lowest BCUT2D eigenvalue weighted by atomic mass is 10.00. The smallest absolute Gasteiger partial charge is 0.0932 e. The van der Waals surface area contributed by atoms with Gasteiger partial charge in [0.05, 0.1) is 24.7 Å². The minimum Gasteiger partial charge on any atom is -0.389 e. The van der Waals surface area contributed by atoms with Gasteiger partial charge < -0.3 is 9.84 Å². The monoisotopic (exact) mass is 127 g/mol. The second kappa shape index (κ2) is 2.81. The molecule has 1 fully saturated rings. The Morgan fingerprint density at radius 2 is 2.44 bits per heavy atom. The summed E-state index contributed by atoms with van der Waals surface area (Å²) in [5.74, 6) is -0.209. The van der Waals surface area contributed by atoms with Crippen LogP contribution >= 0.6 is 0 Å². The molecule has 3 nitrogen and oxygen atoms in total. The van der Waals surface area contributed by atoms with Crippen molar-refractivity contribution in [3.8, 4) is 6.07 Å². The van der Waals surface area contributed by atoms with Crippen molar-refractivity contribution in [2.24, 2.45) is 5.92 Å². The van der Waals surface area contributed by atoms with Crippen LogP contribution in [0, 0.1) is 17.2 Å². The van der Waals surface area contributed by atoms with Gasteiger partial charge in [0.15, 0.2) is 0 Å². The third-order valence-electron chi connectivity index (χ3n) is 1.49. The summed E-state index contributed by atoms with van der Waals surface area (Å²) < 4.78 is 4.91. The fourth-order valence-electron chi connectivity index (χ4n) is 0.874. The normalized spacial score (nSPS) is 35.6. The van der Waals surface area contributed by atoms with Gasteiger partial charge in [-0.2, -0.15) is 5.26 Å². The quantitative estimate of drug-likeness (QED) is 0.494. The number of nitrogens with zero attached hydrogens (tertiary/aromatic N) is 1. The molecule has 1 rings (SSSR count). The second-order valence-corrected chi connectivity index (χ2v) is 2.17. The van der Waals surface area contributed by atoms with Gasteiger partial charge in [0.1, 0.15) is 0 Å². The van der Waals surface area contributed by atoms with Crippen LogP contribution in [-0.4, -0.2) is 24.4 Å². The summed E-state index contributed by atoms with van der Waals surface area (Å²) in [5, 5.41) is 17.4. The molecule has 1 heterocycles. The topological polar surface area (TPSA) is 53.2 Å². The van der Waals surface area contributed by atoms with Gasteiger partial charge in [0.2, 0.25) is 0 Å². The van der Waals surface area contributed by atoms with Crippen LogP contribution in [0.2, 0.25) is 0 Å². The van der Waals surface area contributed by atoms with Gasteiger partial charge in [-0.25, -0.2) is 0 Å². The molecule has 0 saturated carbocycles. The molecule has 0 amide bonds. The van der Waals surface area contributed by atoms with E-state index in [1.165, 1.54) is 0 Å². The highest BCUT2D eigenvalue weighted by molar-refractivity contribution is 4.89. The molecule has 2 atom stereocenters. The summed E-state index contributed by atoms with van der Waals surface area (Å²) in [6, 6.07) is 2.02. The number of aliphatic hydroxyl groups excluding tert-OH is 1. The number of hydrogen-bond donors (Lipinski definition) is 1. The van der Waals surface area contributed by atoms with Crippen LogP contribution in [-0.2, 0) is 4.74 Å². The van der Waals surface area contributed by atoms with Crippen LogP contribution < -0.4 is 0 Å². The Balaban J connectivity index is 2.41. The van der Waals surface area contributed by atoms with Gasteiger partial charge in [0, 0.05) is 6.61 Å². The summed E-state index contributed by atoms with van der Waals surface area (Å²) in [4.78, 5) is 0. The van der Waals surface area contributed by atoms with Gasteiger partial charge >= 0.3 is 0 Å². The van der Waals surface area contributed by atoms with E-state index in [-0.39, 0.29) is 5.92 Å². The van der Waals surface area contributed by atoms with Gasteiger partial charge in [0.25, 0.3) is 0 Å². The summed E-state index contributed by atoms with van der Waals surface area (Å²) in [6.45, 7) is 0.924. The number of rotatable bonds is 0. The largest absolute Gasteiger partial charge is 0.389 e. The molecule has 9 heavy (non-hydrogen) atoms. The molecule has 1 aliphatic heterocycles. The molecule has 3 heteroatoms. The zero-order valence-electron chi connectivity index (χ0n) is 5.08. The molecule has 1 saturated heterocycles. The maximum absolute atomic E-state index is 9.02. The average Bonchev–Trinajstić information content (AvgIpc) is 1.89. The number of nitriles is 1. The Morgan fingerprint density at radius 3 is 2.89 bits per heavy atom. The van der Waals surface area contributed by atoms with Crippen molar-refractivity contribution in [2.75, 3.05) is 13.2 Å². The number of aliphatic hydroxyl groups is 1. The van der Waals surface area contributed by atoms with Crippen LogP contribution in [0.3, 0.4) is 0 Å². The Hall–Kier alpha value is -0.590. The van der Waals surface area contributed by atoms with Crippen LogP contribution in [0.25, 0.3) is 0 Å². The molecule has 0 aliphatic carbocycles. The molecule has 1 N–H and O–H groups in total. The van der Waals surface area contributed by atoms with Crippen LogP contribution in [0.4, 0.5) is 0 Å². The summed E-state index contributed by atoms with van der Waals surface area (Å²) >= 11 is 0. The zero-order chi connectivity index (χ0) is 6.69. The van der Waals surface area contributed by atoms with Crippen molar-refractivity contribution in [3.05, 3.63) is 0 Å². The van der Waals surface area contributed by atoms with Gasteiger partial charge in [-0.1, -0.05) is 0 Å². The average molecular weight is 127 g/mol. The van der Waals surface area contributed by atoms with Gasteiger partial charge in [-0.3, -0.25) is 0 Å². The van der Waals surface area contributed by atoms with Crippen LogP contribution in [0.15, 0.2) is 0 Å². The number of ether oxygens (including phenoxy) is 1. The molecular weight excluding hydrogens is 118 g/mol. The molecule has 2 unspecified atom stereocenters. The van der Waals surface area contributed by atoms with Crippen molar-refractivity contribution in [3.63, 3.8) is 0 Å². The van der Waals surface area contributed by atoms with Gasteiger partial charge in [-0.15, -0.1) is 0 Å². The Morgan fingerprint density at radius 1 is 1.67 bits per heavy atom. The molecule has 0 aromatic rings. The molecular formula is C6H9NO2. The SMILES string of the molecule is N#CC1CCOCC1O. The van der Waals surface area contributed by atoms with Gasteiger partial charge in [-0.05, 0) is 6.42 Å². The summed E-state index contributed by atoms with van der Waals surface area (Å²) in [7, 11) is 0. The third kappa shape index (κ3) is 1.41. The number of hydrogen-bond acceptors (Lipinski definition) is 3. The van der Waals surface area contributed by atoms with Crippen LogP contribution in [0.5, 0.6) is 0 Å². The Labute approximate surface area is 53.9 Å². The predicted molar refractivity (Wildman–Crippen MR) is 30.5 cm³/mol. The zero-order valence-corrected chi connectivity index (χ0v) is 5.08. The molecule has 0 spiro atoms. The van der Waals surface area contributed by atoms with E-state index in [1.807, 2.05) is 6.07 Å². The summed E-state index contributed by atoms with van der Waals surface area (Å²) in [6.07, 6.45) is 0.0984. The molecule has 0 radical (unpaired) electrons. The molecule has 50 valence electrons. The lowest BCUT2D eigenvalue weighted by molar-refractivity contribution is -0.0275. The lowest BCUT2D eigenvalue weighted by Gasteiger charge is -2.21. The van der Waals surface area contributed by atoms with Crippen molar-refractivity contribution in [1.29, 1.82) is 5.26 Å². The third-order valence-corrected chi connectivity index (χ3v) is 1.49. The van der Waals surface area contributed by atoms with E-state index in [1.54, 1.807) is 0 Å². The van der Waals surface area contributed by atoms with Crippen molar-refractivity contribution >= 4 is 0 Å². The van der Waals surface area contributed by atoms with E-state index < -0.39 is 6.10 Å². The Kier molecular flexibility index (Phi) is 2.04. The second-order valence-electron chi connectivity index (χ2n) is 2.17. The lowest BCUT2D eigenvalue weighted by Crippen LogP contribution is -2.30. The standard InChI is InChI=1S/C6H9NO2/c7-3-5-1-2-9-4-6(5)8/h5-6,8H,1-2,4H2. The van der Waals surface area contributed by atoms with Crippen molar-refractivity contribution < 1.29 is 9.84 Å². The van der Waals surface area contributed by atoms with Crippen LogP contribution in [0.1, 0.15) is 6.42 Å². The molecule has 0 aromatic carbocycles. The highest BCUT2D eigenvalue weighted by atomic mass is 16.5. The van der Waals surface area contributed by atoms with Crippen molar-refractivity contribution in [1.82, 2.24) is 0 Å². The van der Waals surface area contributed by atoms with E-state index in [0.29, 0.717) is 19.6 Å². The van der Waals surface area contributed by atoms with E-state index >= 15 is 0 Å². The first-order valence-corrected chi connectivity index (χ1v) is 3.00. The fraction of sp³-hybridized carbons (Fsp3) is 0.833. The predicted octanol–water partition coefficient (Wildman–Crippen LogP) is -0.0926. The Bertz CT molecular complexity index is 130.